The first kappa shape index (κ1) is 20.5. The predicted molar refractivity (Wildman–Crippen MR) is 105 cm³/mol. The maximum Gasteiger partial charge on any atom is 0.309 e. The Labute approximate surface area is 166 Å². The van der Waals surface area contributed by atoms with Crippen LogP contribution >= 0.6 is 0 Å². The van der Waals surface area contributed by atoms with Crippen LogP contribution in [0.25, 0.3) is 0 Å². The molecule has 0 aliphatic carbocycles. The van der Waals surface area contributed by atoms with E-state index >= 15 is 0 Å². The highest BCUT2D eigenvalue weighted by molar-refractivity contribution is 7.89. The molecule has 28 heavy (non-hydrogen) atoms. The third kappa shape index (κ3) is 4.44. The Balaban J connectivity index is 1.56. The highest BCUT2D eigenvalue weighted by Gasteiger charge is 2.34. The van der Waals surface area contributed by atoms with Gasteiger partial charge < -0.3 is 9.30 Å². The maximum absolute atomic E-state index is 12.7. The van der Waals surface area contributed by atoms with Crippen LogP contribution in [0, 0.1) is 26.7 Å². The zero-order chi connectivity index (χ0) is 20.5. The molecular formula is C20H27N3O4S. The predicted octanol–water partition coefficient (Wildman–Crippen LogP) is 2.49. The molecule has 1 aliphatic rings. The number of imidazole rings is 1. The van der Waals surface area contributed by atoms with Gasteiger partial charge >= 0.3 is 5.97 Å². The molecule has 0 amide bonds. The highest BCUT2D eigenvalue weighted by atomic mass is 32.2. The van der Waals surface area contributed by atoms with E-state index in [0.29, 0.717) is 31.8 Å². The molecule has 7 nitrogen and oxygen atoms in total. The first-order valence-electron chi connectivity index (χ1n) is 9.41. The second-order valence-corrected chi connectivity index (χ2v) is 9.40. The lowest BCUT2D eigenvalue weighted by atomic mass is 9.98. The van der Waals surface area contributed by atoms with E-state index in [1.807, 2.05) is 26.0 Å². The van der Waals surface area contributed by atoms with Gasteiger partial charge in [0.15, 0.2) is 5.03 Å². The van der Waals surface area contributed by atoms with Crippen LogP contribution in [0.1, 0.15) is 35.4 Å². The van der Waals surface area contributed by atoms with Crippen molar-refractivity contribution < 1.29 is 17.9 Å². The molecule has 1 aromatic heterocycles. The van der Waals surface area contributed by atoms with Crippen molar-refractivity contribution in [3.63, 3.8) is 0 Å². The van der Waals surface area contributed by atoms with Gasteiger partial charge in [-0.25, -0.2) is 13.4 Å². The fourth-order valence-electron chi connectivity index (χ4n) is 3.54. The standard InChI is InChI=1S/C20H27N3O4S/c1-14-9-15(2)11-17(10-14)13-27-20(24)18-5-7-23(8-6-18)28(25,26)19-12-22(4)16(3)21-19/h9-12,18H,5-8,13H2,1-4H3. The van der Waals surface area contributed by atoms with Gasteiger partial charge in [-0.3, -0.25) is 4.79 Å². The van der Waals surface area contributed by atoms with E-state index < -0.39 is 10.0 Å². The van der Waals surface area contributed by atoms with Crippen molar-refractivity contribution in [1.82, 2.24) is 13.9 Å². The molecule has 152 valence electrons. The van der Waals surface area contributed by atoms with Gasteiger partial charge in [-0.05, 0) is 39.2 Å². The topological polar surface area (TPSA) is 81.5 Å². The summed E-state index contributed by atoms with van der Waals surface area (Å²) in [6, 6.07) is 6.08. The molecule has 0 spiro atoms. The van der Waals surface area contributed by atoms with Crippen molar-refractivity contribution >= 4 is 16.0 Å². The Morgan fingerprint density at radius 2 is 1.75 bits per heavy atom. The summed E-state index contributed by atoms with van der Waals surface area (Å²) in [5.74, 6) is 0.108. The number of hydrogen-bond donors (Lipinski definition) is 0. The van der Waals surface area contributed by atoms with E-state index in [2.05, 4.69) is 11.1 Å². The van der Waals surface area contributed by atoms with Gasteiger partial charge in [0.05, 0.1) is 5.92 Å². The molecule has 1 saturated heterocycles. The summed E-state index contributed by atoms with van der Waals surface area (Å²) in [5.41, 5.74) is 3.24. The minimum Gasteiger partial charge on any atom is -0.461 e. The van der Waals surface area contributed by atoms with Gasteiger partial charge in [0, 0.05) is 26.3 Å². The van der Waals surface area contributed by atoms with Crippen LogP contribution in [0.15, 0.2) is 29.4 Å². The molecule has 2 heterocycles. The number of nitrogens with zero attached hydrogens (tertiary/aromatic N) is 3. The molecule has 0 unspecified atom stereocenters. The van der Waals surface area contributed by atoms with E-state index in [-0.39, 0.29) is 23.5 Å². The van der Waals surface area contributed by atoms with Gasteiger partial charge in [0.25, 0.3) is 10.0 Å². The summed E-state index contributed by atoms with van der Waals surface area (Å²) in [6.45, 7) is 6.61. The number of aromatic nitrogens is 2. The number of rotatable bonds is 5. The smallest absolute Gasteiger partial charge is 0.309 e. The fourth-order valence-corrected chi connectivity index (χ4v) is 5.03. The van der Waals surface area contributed by atoms with Crippen molar-refractivity contribution in [1.29, 1.82) is 0 Å². The van der Waals surface area contributed by atoms with Gasteiger partial charge in [-0.2, -0.15) is 4.31 Å². The Hall–Kier alpha value is -2.19. The van der Waals surface area contributed by atoms with Crippen molar-refractivity contribution in [2.45, 2.75) is 45.2 Å². The molecule has 0 atom stereocenters. The summed E-state index contributed by atoms with van der Waals surface area (Å²) >= 11 is 0. The average Bonchev–Trinajstić information content (AvgIpc) is 2.98. The molecule has 0 radical (unpaired) electrons. The van der Waals surface area contributed by atoms with Gasteiger partial charge in [-0.15, -0.1) is 0 Å². The van der Waals surface area contributed by atoms with Crippen LogP contribution in [0.5, 0.6) is 0 Å². The zero-order valence-corrected chi connectivity index (χ0v) is 17.6. The molecule has 1 fully saturated rings. The number of esters is 1. The normalized spacial score (nSPS) is 16.3. The molecule has 3 rings (SSSR count). The minimum atomic E-state index is -3.63. The lowest BCUT2D eigenvalue weighted by molar-refractivity contribution is -0.151. The van der Waals surface area contributed by atoms with Crippen LogP contribution in [-0.2, 0) is 33.2 Å². The minimum absolute atomic E-state index is 0.0587. The van der Waals surface area contributed by atoms with Crippen LogP contribution in [-0.4, -0.2) is 41.3 Å². The number of carbonyl (C=O) groups excluding carboxylic acids is 1. The van der Waals surface area contributed by atoms with Crippen LogP contribution < -0.4 is 0 Å². The number of hydrogen-bond acceptors (Lipinski definition) is 5. The molecule has 1 aromatic carbocycles. The van der Waals surface area contributed by atoms with E-state index in [9.17, 15) is 13.2 Å². The van der Waals surface area contributed by atoms with Gasteiger partial charge in [0.1, 0.15) is 12.4 Å². The number of aryl methyl sites for hydroxylation is 4. The highest BCUT2D eigenvalue weighted by Crippen LogP contribution is 2.24. The Kier molecular flexibility index (Phi) is 5.90. The monoisotopic (exact) mass is 405 g/mol. The summed E-state index contributed by atoms with van der Waals surface area (Å²) < 4.78 is 34.0. The number of benzene rings is 1. The third-order valence-corrected chi connectivity index (χ3v) is 6.91. The summed E-state index contributed by atoms with van der Waals surface area (Å²) in [6.07, 6.45) is 2.43. The second-order valence-electron chi connectivity index (χ2n) is 7.52. The Bertz CT molecular complexity index is 934. The SMILES string of the molecule is Cc1cc(C)cc(COC(=O)C2CCN(S(=O)(=O)c3cn(C)c(C)n3)CC2)c1. The molecule has 0 N–H and O–H groups in total. The first-order chi connectivity index (χ1) is 13.2. The lowest BCUT2D eigenvalue weighted by Crippen LogP contribution is -2.40. The molecule has 8 heteroatoms. The third-order valence-electron chi connectivity index (χ3n) is 5.14. The van der Waals surface area contributed by atoms with Crippen molar-refractivity contribution in [3.8, 4) is 0 Å². The molecule has 0 saturated carbocycles. The van der Waals surface area contributed by atoms with Gasteiger partial charge in [-0.1, -0.05) is 29.3 Å². The lowest BCUT2D eigenvalue weighted by Gasteiger charge is -2.29. The van der Waals surface area contributed by atoms with Crippen molar-refractivity contribution in [3.05, 3.63) is 46.9 Å². The molecule has 0 bridgehead atoms. The van der Waals surface area contributed by atoms with Crippen LogP contribution in [0.3, 0.4) is 0 Å². The van der Waals surface area contributed by atoms with Crippen LogP contribution in [0.2, 0.25) is 0 Å². The zero-order valence-electron chi connectivity index (χ0n) is 16.8. The maximum atomic E-state index is 12.7. The van der Waals surface area contributed by atoms with E-state index in [0.717, 1.165) is 16.7 Å². The number of ether oxygens (including phenoxy) is 1. The number of sulfonamides is 1. The van der Waals surface area contributed by atoms with Gasteiger partial charge in [0.2, 0.25) is 0 Å². The van der Waals surface area contributed by atoms with E-state index in [1.165, 1.54) is 10.5 Å². The molecule has 2 aromatic rings. The quantitative estimate of drug-likeness (QED) is 0.714. The summed E-state index contributed by atoms with van der Waals surface area (Å²) in [7, 11) is -1.87. The number of carbonyl (C=O) groups is 1. The van der Waals surface area contributed by atoms with E-state index in [1.54, 1.807) is 18.5 Å². The van der Waals surface area contributed by atoms with Crippen LogP contribution in [0.4, 0.5) is 0 Å². The Morgan fingerprint density at radius 1 is 1.14 bits per heavy atom. The Morgan fingerprint density at radius 3 is 2.29 bits per heavy atom. The van der Waals surface area contributed by atoms with Crippen molar-refractivity contribution in [2.24, 2.45) is 13.0 Å². The van der Waals surface area contributed by atoms with Crippen molar-refractivity contribution in [2.75, 3.05) is 13.1 Å². The molecular weight excluding hydrogens is 378 g/mol. The second kappa shape index (κ2) is 8.05. The summed E-state index contributed by atoms with van der Waals surface area (Å²) in [5, 5.41) is 0.0587. The average molecular weight is 406 g/mol. The van der Waals surface area contributed by atoms with E-state index in [4.69, 9.17) is 4.74 Å². The first-order valence-corrected chi connectivity index (χ1v) is 10.8. The largest absolute Gasteiger partial charge is 0.461 e. The number of piperidine rings is 1. The summed E-state index contributed by atoms with van der Waals surface area (Å²) in [4.78, 5) is 16.5. The fraction of sp³-hybridized carbons (Fsp3) is 0.500. The molecule has 1 aliphatic heterocycles.